The lowest BCUT2D eigenvalue weighted by molar-refractivity contribution is 0.0696. The molecule has 0 saturated heterocycles. The van der Waals surface area contributed by atoms with Crippen molar-refractivity contribution < 1.29 is 9.90 Å². The Bertz CT molecular complexity index is 637. The van der Waals surface area contributed by atoms with Crippen LogP contribution in [-0.2, 0) is 0 Å². The number of carboxylic acids is 1. The summed E-state index contributed by atoms with van der Waals surface area (Å²) < 4.78 is 0. The van der Waals surface area contributed by atoms with Gasteiger partial charge in [0.05, 0.1) is 17.2 Å². The zero-order chi connectivity index (χ0) is 13.1. The van der Waals surface area contributed by atoms with E-state index in [9.17, 15) is 4.79 Å². The lowest BCUT2D eigenvalue weighted by Crippen LogP contribution is -1.99. The van der Waals surface area contributed by atoms with Crippen molar-refractivity contribution in [2.24, 2.45) is 0 Å². The summed E-state index contributed by atoms with van der Waals surface area (Å²) in [6.07, 6.45) is 0. The molecule has 0 spiro atoms. The van der Waals surface area contributed by atoms with Gasteiger partial charge in [-0.05, 0) is 41.8 Å². The van der Waals surface area contributed by atoms with Crippen LogP contribution in [0.5, 0.6) is 0 Å². The average Bonchev–Trinajstić information content (AvgIpc) is 2.38. The van der Waals surface area contributed by atoms with Crippen LogP contribution < -0.4 is 0 Å². The van der Waals surface area contributed by atoms with Crippen molar-refractivity contribution in [3.05, 3.63) is 59.2 Å². The maximum Gasteiger partial charge on any atom is 0.335 e. The molecule has 0 fully saturated rings. The van der Waals surface area contributed by atoms with Crippen LogP contribution in [0.1, 0.15) is 21.5 Å². The van der Waals surface area contributed by atoms with E-state index >= 15 is 0 Å². The molecule has 0 atom stereocenters. The second-order valence-electron chi connectivity index (χ2n) is 4.02. The number of carbonyl (C=O) groups is 1. The molecule has 3 heteroatoms. The van der Waals surface area contributed by atoms with Gasteiger partial charge in [0, 0.05) is 0 Å². The minimum atomic E-state index is -0.918. The monoisotopic (exact) mass is 237 g/mol. The first-order valence-corrected chi connectivity index (χ1v) is 5.46. The molecular formula is C15H11NO2. The number of nitriles is 1. The van der Waals surface area contributed by atoms with Crippen LogP contribution in [-0.4, -0.2) is 11.1 Å². The Kier molecular flexibility index (Phi) is 3.11. The van der Waals surface area contributed by atoms with E-state index in [4.69, 9.17) is 10.4 Å². The molecule has 18 heavy (non-hydrogen) atoms. The summed E-state index contributed by atoms with van der Waals surface area (Å²) in [5.74, 6) is -0.918. The molecule has 0 amide bonds. The highest BCUT2D eigenvalue weighted by atomic mass is 16.4. The fourth-order valence-corrected chi connectivity index (χ4v) is 1.82. The molecule has 0 unspecified atom stereocenters. The topological polar surface area (TPSA) is 61.1 Å². The zero-order valence-electron chi connectivity index (χ0n) is 9.84. The Morgan fingerprint density at radius 3 is 2.22 bits per heavy atom. The van der Waals surface area contributed by atoms with Gasteiger partial charge < -0.3 is 5.11 Å². The maximum absolute atomic E-state index is 10.9. The predicted octanol–water partition coefficient (Wildman–Crippen LogP) is 3.23. The highest BCUT2D eigenvalue weighted by molar-refractivity contribution is 5.90. The molecule has 0 aliphatic carbocycles. The summed E-state index contributed by atoms with van der Waals surface area (Å²) in [7, 11) is 0. The minimum absolute atomic E-state index is 0.312. The number of aryl methyl sites for hydroxylation is 1. The van der Waals surface area contributed by atoms with Gasteiger partial charge in [-0.2, -0.15) is 5.26 Å². The molecule has 1 N–H and O–H groups in total. The maximum atomic E-state index is 10.9. The number of hydrogen-bond acceptors (Lipinski definition) is 2. The molecule has 2 aromatic rings. The van der Waals surface area contributed by atoms with Gasteiger partial charge in [0.15, 0.2) is 0 Å². The number of rotatable bonds is 2. The molecule has 0 aliphatic rings. The number of nitrogens with zero attached hydrogens (tertiary/aromatic N) is 1. The summed E-state index contributed by atoms with van der Waals surface area (Å²) in [6.45, 7) is 1.77. The van der Waals surface area contributed by atoms with Crippen molar-refractivity contribution in [2.45, 2.75) is 6.92 Å². The molecule has 0 aromatic heterocycles. The number of benzene rings is 2. The molecule has 0 saturated carbocycles. The molecule has 3 nitrogen and oxygen atoms in total. The quantitative estimate of drug-likeness (QED) is 0.872. The van der Waals surface area contributed by atoms with Gasteiger partial charge in [-0.3, -0.25) is 0 Å². The second kappa shape index (κ2) is 4.72. The van der Waals surface area contributed by atoms with E-state index in [0.717, 1.165) is 16.7 Å². The minimum Gasteiger partial charge on any atom is -0.478 e. The van der Waals surface area contributed by atoms with E-state index < -0.39 is 5.97 Å². The first kappa shape index (κ1) is 11.9. The summed E-state index contributed by atoms with van der Waals surface area (Å²) in [6, 6.07) is 14.5. The summed E-state index contributed by atoms with van der Waals surface area (Å²) in [4.78, 5) is 10.9. The second-order valence-corrected chi connectivity index (χ2v) is 4.02. The first-order chi connectivity index (χ1) is 8.61. The van der Waals surface area contributed by atoms with Crippen LogP contribution in [0.3, 0.4) is 0 Å². The van der Waals surface area contributed by atoms with E-state index in [2.05, 4.69) is 6.07 Å². The van der Waals surface area contributed by atoms with Crippen LogP contribution in [0.4, 0.5) is 0 Å². The van der Waals surface area contributed by atoms with Crippen LogP contribution in [0, 0.1) is 18.3 Å². The molecule has 2 rings (SSSR count). The third kappa shape index (κ3) is 2.23. The van der Waals surface area contributed by atoms with Crippen LogP contribution in [0.15, 0.2) is 42.5 Å². The Morgan fingerprint density at radius 2 is 1.72 bits per heavy atom. The van der Waals surface area contributed by atoms with E-state index in [-0.39, 0.29) is 0 Å². The van der Waals surface area contributed by atoms with Gasteiger partial charge in [0.25, 0.3) is 0 Å². The molecule has 0 radical (unpaired) electrons. The van der Waals surface area contributed by atoms with E-state index in [0.29, 0.717) is 11.1 Å². The van der Waals surface area contributed by atoms with E-state index in [1.807, 2.05) is 18.2 Å². The van der Waals surface area contributed by atoms with Crippen molar-refractivity contribution in [1.29, 1.82) is 5.26 Å². The predicted molar refractivity (Wildman–Crippen MR) is 68.3 cm³/mol. The molecular weight excluding hydrogens is 226 g/mol. The SMILES string of the molecule is Cc1cc(-c2ccc(C#N)cc2)ccc1C(=O)O. The number of hydrogen-bond donors (Lipinski definition) is 1. The van der Waals surface area contributed by atoms with E-state index in [1.54, 1.807) is 31.2 Å². The highest BCUT2D eigenvalue weighted by Gasteiger charge is 2.07. The molecule has 0 aliphatic heterocycles. The summed E-state index contributed by atoms with van der Waals surface area (Å²) in [5, 5.41) is 17.7. The Balaban J connectivity index is 2.42. The van der Waals surface area contributed by atoms with Crippen molar-refractivity contribution in [1.82, 2.24) is 0 Å². The Morgan fingerprint density at radius 1 is 1.11 bits per heavy atom. The number of carboxylic acid groups (broad SMARTS) is 1. The third-order valence-corrected chi connectivity index (χ3v) is 2.80. The van der Waals surface area contributed by atoms with Gasteiger partial charge in [0.2, 0.25) is 0 Å². The standard InChI is InChI=1S/C15H11NO2/c1-10-8-13(6-7-14(10)15(17)18)12-4-2-11(9-16)3-5-12/h2-8H,1H3,(H,17,18). The zero-order valence-corrected chi connectivity index (χ0v) is 9.84. The fourth-order valence-electron chi connectivity index (χ4n) is 1.82. The summed E-state index contributed by atoms with van der Waals surface area (Å²) in [5.41, 5.74) is 3.56. The third-order valence-electron chi connectivity index (χ3n) is 2.80. The lowest BCUT2D eigenvalue weighted by Gasteiger charge is -2.05. The number of aromatic carboxylic acids is 1. The van der Waals surface area contributed by atoms with Crippen molar-refractivity contribution >= 4 is 5.97 Å². The van der Waals surface area contributed by atoms with Gasteiger partial charge >= 0.3 is 5.97 Å². The molecule has 0 heterocycles. The van der Waals surface area contributed by atoms with Gasteiger partial charge in [-0.15, -0.1) is 0 Å². The van der Waals surface area contributed by atoms with Crippen LogP contribution in [0.25, 0.3) is 11.1 Å². The largest absolute Gasteiger partial charge is 0.478 e. The van der Waals surface area contributed by atoms with Gasteiger partial charge in [-0.1, -0.05) is 24.3 Å². The molecule has 0 bridgehead atoms. The van der Waals surface area contributed by atoms with Gasteiger partial charge in [0.1, 0.15) is 0 Å². The lowest BCUT2D eigenvalue weighted by atomic mass is 9.99. The first-order valence-electron chi connectivity index (χ1n) is 5.46. The molecule has 88 valence electrons. The highest BCUT2D eigenvalue weighted by Crippen LogP contribution is 2.22. The normalized spacial score (nSPS) is 9.78. The van der Waals surface area contributed by atoms with E-state index in [1.165, 1.54) is 0 Å². The van der Waals surface area contributed by atoms with Crippen molar-refractivity contribution in [3.63, 3.8) is 0 Å². The van der Waals surface area contributed by atoms with Crippen molar-refractivity contribution in [2.75, 3.05) is 0 Å². The van der Waals surface area contributed by atoms with Crippen LogP contribution in [0.2, 0.25) is 0 Å². The van der Waals surface area contributed by atoms with Crippen LogP contribution >= 0.6 is 0 Å². The summed E-state index contributed by atoms with van der Waals surface area (Å²) >= 11 is 0. The smallest absolute Gasteiger partial charge is 0.335 e. The van der Waals surface area contributed by atoms with Gasteiger partial charge in [-0.25, -0.2) is 4.79 Å². The Hall–Kier alpha value is -2.60. The van der Waals surface area contributed by atoms with Crippen molar-refractivity contribution in [3.8, 4) is 17.2 Å². The fraction of sp³-hybridized carbons (Fsp3) is 0.0667. The molecule has 2 aromatic carbocycles. The average molecular weight is 237 g/mol. The Labute approximate surface area is 105 Å².